The molecule has 0 aliphatic carbocycles. The Bertz CT molecular complexity index is 772. The van der Waals surface area contributed by atoms with Crippen LogP contribution < -0.4 is 20.5 Å². The van der Waals surface area contributed by atoms with Crippen LogP contribution in [0.4, 0.5) is 0 Å². The predicted octanol–water partition coefficient (Wildman–Crippen LogP) is 1.95. The molecule has 1 aromatic carbocycles. The van der Waals surface area contributed by atoms with Crippen LogP contribution in [0.3, 0.4) is 0 Å². The Kier molecular flexibility index (Phi) is 7.48. The molecule has 142 valence electrons. The largest absolute Gasteiger partial charge is 0.486 e. The third-order valence-corrected chi connectivity index (χ3v) is 4.79. The molecule has 0 spiro atoms. The zero-order chi connectivity index (χ0) is 17.8. The van der Waals surface area contributed by atoms with Crippen molar-refractivity contribution in [1.29, 1.82) is 0 Å². The molecule has 0 saturated heterocycles. The second-order valence-corrected chi connectivity index (χ2v) is 6.77. The molecule has 1 aliphatic heterocycles. The fourth-order valence-corrected chi connectivity index (χ4v) is 3.44. The van der Waals surface area contributed by atoms with Crippen molar-refractivity contribution < 1.29 is 19.4 Å². The van der Waals surface area contributed by atoms with Crippen molar-refractivity contribution in [2.45, 2.75) is 12.5 Å². The highest BCUT2D eigenvalue weighted by atomic mass is 35.5. The van der Waals surface area contributed by atoms with E-state index >= 15 is 0 Å². The van der Waals surface area contributed by atoms with Crippen molar-refractivity contribution in [1.82, 2.24) is 10.3 Å². The molecule has 0 fully saturated rings. The number of carbonyl (C=O) groups is 1. The number of aromatic nitrogens is 1. The molecule has 1 aliphatic rings. The number of hydrogen-bond acceptors (Lipinski definition) is 7. The lowest BCUT2D eigenvalue weighted by atomic mass is 10.1. The van der Waals surface area contributed by atoms with E-state index < -0.39 is 6.10 Å². The lowest BCUT2D eigenvalue weighted by Gasteiger charge is -2.21. The van der Waals surface area contributed by atoms with Crippen molar-refractivity contribution in [3.63, 3.8) is 0 Å². The van der Waals surface area contributed by atoms with Gasteiger partial charge in [0.05, 0.1) is 16.1 Å². The molecular formula is C16H19Cl2N3O4S. The fraction of sp³-hybridized carbons (Fsp3) is 0.375. The van der Waals surface area contributed by atoms with Gasteiger partial charge in [-0.25, -0.2) is 4.98 Å². The Morgan fingerprint density at radius 1 is 1.42 bits per heavy atom. The maximum absolute atomic E-state index is 12.1. The first-order valence-corrected chi connectivity index (χ1v) is 9.04. The highest BCUT2D eigenvalue weighted by Gasteiger charge is 2.20. The van der Waals surface area contributed by atoms with Gasteiger partial charge in [0, 0.05) is 18.3 Å². The summed E-state index contributed by atoms with van der Waals surface area (Å²) in [5.74, 6) is 0.620. The molecule has 2 heterocycles. The molecule has 0 bridgehead atoms. The fourth-order valence-electron chi connectivity index (χ4n) is 2.37. The molecule has 2 aromatic rings. The molecule has 0 saturated carbocycles. The third-order valence-electron chi connectivity index (χ3n) is 3.60. The number of nitrogens with one attached hydrogen (secondary N) is 1. The number of nitrogens with zero attached hydrogens (tertiary/aromatic N) is 1. The molecule has 1 unspecified atom stereocenters. The van der Waals surface area contributed by atoms with Crippen molar-refractivity contribution in [2.75, 3.05) is 26.3 Å². The second kappa shape index (κ2) is 9.38. The summed E-state index contributed by atoms with van der Waals surface area (Å²) in [5, 5.41) is 15.8. The van der Waals surface area contributed by atoms with Gasteiger partial charge < -0.3 is 25.6 Å². The highest BCUT2D eigenvalue weighted by molar-refractivity contribution is 7.09. The smallest absolute Gasteiger partial charge is 0.270 e. The Hall–Kier alpha value is -1.58. The van der Waals surface area contributed by atoms with E-state index in [2.05, 4.69) is 10.3 Å². The van der Waals surface area contributed by atoms with E-state index in [0.717, 1.165) is 5.01 Å². The summed E-state index contributed by atoms with van der Waals surface area (Å²) in [4.78, 5) is 16.3. The monoisotopic (exact) mass is 419 g/mol. The average molecular weight is 420 g/mol. The van der Waals surface area contributed by atoms with Gasteiger partial charge in [-0.05, 0) is 24.2 Å². The van der Waals surface area contributed by atoms with E-state index in [-0.39, 0.29) is 24.9 Å². The van der Waals surface area contributed by atoms with Gasteiger partial charge in [0.25, 0.3) is 5.91 Å². The number of thiazole rings is 1. The van der Waals surface area contributed by atoms with Gasteiger partial charge in [0.1, 0.15) is 18.9 Å². The molecule has 3 rings (SSSR count). The number of nitrogens with two attached hydrogens (primary N) is 1. The summed E-state index contributed by atoms with van der Waals surface area (Å²) >= 11 is 7.55. The van der Waals surface area contributed by atoms with Crippen LogP contribution in [0.15, 0.2) is 17.5 Å². The summed E-state index contributed by atoms with van der Waals surface area (Å²) < 4.78 is 10.9. The number of benzene rings is 1. The van der Waals surface area contributed by atoms with E-state index in [1.807, 2.05) is 0 Å². The molecule has 7 nitrogen and oxygen atoms in total. The van der Waals surface area contributed by atoms with Crippen molar-refractivity contribution in [3.8, 4) is 11.5 Å². The number of ether oxygens (including phenoxy) is 2. The molecule has 26 heavy (non-hydrogen) atoms. The maximum Gasteiger partial charge on any atom is 0.270 e. The number of hydrogen-bond donors (Lipinski definition) is 3. The molecule has 1 amide bonds. The van der Waals surface area contributed by atoms with Crippen LogP contribution in [0.1, 0.15) is 27.2 Å². The van der Waals surface area contributed by atoms with Crippen LogP contribution in [0, 0.1) is 0 Å². The third kappa shape index (κ3) is 4.77. The minimum Gasteiger partial charge on any atom is -0.486 e. The summed E-state index contributed by atoms with van der Waals surface area (Å²) in [6.45, 7) is 1.37. The Labute approximate surface area is 165 Å². The topological polar surface area (TPSA) is 107 Å². The standard InChI is InChI=1S/C16H18ClN3O4S.ClH/c17-10-5-9(6-13-15(10)24-4-3-23-13)12(21)7-19-16(22)11-8-25-14(20-11)1-2-18;/h5-6,8,12,21H,1-4,7,18H2,(H,19,22);1H. The number of carbonyl (C=O) groups excluding carboxylic acids is 1. The van der Waals surface area contributed by atoms with Crippen LogP contribution in [0.25, 0.3) is 0 Å². The molecule has 1 atom stereocenters. The maximum atomic E-state index is 12.1. The SMILES string of the molecule is Cl.NCCc1nc(C(=O)NCC(O)c2cc(Cl)c3c(c2)OCCO3)cs1. The predicted molar refractivity (Wildman–Crippen MR) is 102 cm³/mol. The summed E-state index contributed by atoms with van der Waals surface area (Å²) in [6.07, 6.45) is -0.296. The second-order valence-electron chi connectivity index (χ2n) is 5.42. The van der Waals surface area contributed by atoms with E-state index in [1.54, 1.807) is 17.5 Å². The van der Waals surface area contributed by atoms with E-state index in [1.165, 1.54) is 11.3 Å². The molecule has 1 aromatic heterocycles. The van der Waals surface area contributed by atoms with Crippen LogP contribution in [-0.2, 0) is 6.42 Å². The first-order chi connectivity index (χ1) is 12.1. The van der Waals surface area contributed by atoms with Gasteiger partial charge >= 0.3 is 0 Å². The van der Waals surface area contributed by atoms with Crippen LogP contribution >= 0.6 is 35.3 Å². The number of amides is 1. The molecule has 10 heteroatoms. The lowest BCUT2D eigenvalue weighted by molar-refractivity contribution is 0.0911. The quantitative estimate of drug-likeness (QED) is 0.660. The first kappa shape index (κ1) is 20.7. The van der Waals surface area contributed by atoms with Gasteiger partial charge in [-0.2, -0.15) is 0 Å². The minimum absolute atomic E-state index is 0. The average Bonchev–Trinajstić information content (AvgIpc) is 3.08. The number of aliphatic hydroxyl groups is 1. The van der Waals surface area contributed by atoms with Gasteiger partial charge in [0.2, 0.25) is 0 Å². The van der Waals surface area contributed by atoms with Gasteiger partial charge in [-0.3, -0.25) is 4.79 Å². The summed E-state index contributed by atoms with van der Waals surface area (Å²) in [6, 6.07) is 3.27. The van der Waals surface area contributed by atoms with Gasteiger partial charge in [-0.1, -0.05) is 11.6 Å². The zero-order valence-electron chi connectivity index (χ0n) is 13.7. The Morgan fingerprint density at radius 2 is 2.19 bits per heavy atom. The lowest BCUT2D eigenvalue weighted by Crippen LogP contribution is -2.28. The highest BCUT2D eigenvalue weighted by Crippen LogP contribution is 2.39. The van der Waals surface area contributed by atoms with Crippen LogP contribution in [0.5, 0.6) is 11.5 Å². The van der Waals surface area contributed by atoms with Crippen molar-refractivity contribution in [3.05, 3.63) is 38.8 Å². The van der Waals surface area contributed by atoms with Crippen LogP contribution in [0.2, 0.25) is 5.02 Å². The number of aliphatic hydroxyl groups excluding tert-OH is 1. The normalized spacial score (nSPS) is 13.7. The first-order valence-electron chi connectivity index (χ1n) is 7.78. The van der Waals surface area contributed by atoms with Crippen molar-refractivity contribution in [2.24, 2.45) is 5.73 Å². The number of halogens is 2. The summed E-state index contributed by atoms with van der Waals surface area (Å²) in [7, 11) is 0. The Balaban J connectivity index is 0.00000243. The Morgan fingerprint density at radius 3 is 2.96 bits per heavy atom. The van der Waals surface area contributed by atoms with Crippen molar-refractivity contribution >= 4 is 41.3 Å². The van der Waals surface area contributed by atoms with E-state index in [4.69, 9.17) is 26.8 Å². The van der Waals surface area contributed by atoms with Crippen LogP contribution in [-0.4, -0.2) is 42.3 Å². The van der Waals surface area contributed by atoms with Gasteiger partial charge in [-0.15, -0.1) is 23.7 Å². The van der Waals surface area contributed by atoms with Gasteiger partial charge in [0.15, 0.2) is 11.5 Å². The number of rotatable bonds is 6. The number of fused-ring (bicyclic) bond motifs is 1. The van der Waals surface area contributed by atoms with E-state index in [9.17, 15) is 9.90 Å². The zero-order valence-corrected chi connectivity index (χ0v) is 16.1. The van der Waals surface area contributed by atoms with E-state index in [0.29, 0.717) is 54.0 Å². The molecule has 0 radical (unpaired) electrons. The minimum atomic E-state index is -0.931. The summed E-state index contributed by atoms with van der Waals surface area (Å²) in [5.41, 5.74) is 6.33. The molecular weight excluding hydrogens is 401 g/mol. The molecule has 4 N–H and O–H groups in total.